The van der Waals surface area contributed by atoms with Gasteiger partial charge in [-0.15, -0.1) is 6.58 Å². The lowest BCUT2D eigenvalue weighted by molar-refractivity contribution is -0.137. The molecule has 0 unspecified atom stereocenters. The molecule has 3 amide bonds. The van der Waals surface area contributed by atoms with Crippen molar-refractivity contribution in [2.45, 2.75) is 25.7 Å². The molecule has 7 heteroatoms. The van der Waals surface area contributed by atoms with E-state index in [-0.39, 0.29) is 12.8 Å². The highest BCUT2D eigenvalue weighted by Gasteiger charge is 2.14. The van der Waals surface area contributed by atoms with Gasteiger partial charge in [-0.1, -0.05) is 6.08 Å². The van der Waals surface area contributed by atoms with Gasteiger partial charge in [0, 0.05) is 33.0 Å². The standard InChI is InChI=1S/C13H22N2O5/c1-3-8-15(9-10-20-2)13(19)14-11(16)6-4-5-7-12(17)18/h3H,1,4-10H2,2H3,(H,17,18)(H,14,16,19). The van der Waals surface area contributed by atoms with Gasteiger partial charge in [0.25, 0.3) is 0 Å². The predicted molar refractivity (Wildman–Crippen MR) is 73.3 cm³/mol. The molecular weight excluding hydrogens is 264 g/mol. The molecule has 0 spiro atoms. The molecule has 0 atom stereocenters. The lowest BCUT2D eigenvalue weighted by Crippen LogP contribution is -2.44. The smallest absolute Gasteiger partial charge is 0.324 e. The van der Waals surface area contributed by atoms with Crippen LogP contribution in [-0.4, -0.2) is 54.7 Å². The van der Waals surface area contributed by atoms with Crippen molar-refractivity contribution in [3.8, 4) is 0 Å². The van der Waals surface area contributed by atoms with E-state index in [2.05, 4.69) is 11.9 Å². The molecule has 114 valence electrons. The van der Waals surface area contributed by atoms with Crippen molar-refractivity contribution in [2.75, 3.05) is 26.8 Å². The summed E-state index contributed by atoms with van der Waals surface area (Å²) < 4.78 is 4.88. The molecule has 0 aliphatic heterocycles. The first-order valence-corrected chi connectivity index (χ1v) is 6.41. The van der Waals surface area contributed by atoms with Gasteiger partial charge in [-0.05, 0) is 12.8 Å². The molecule has 0 fully saturated rings. The fraction of sp³-hybridized carbons (Fsp3) is 0.615. The number of carbonyl (C=O) groups excluding carboxylic acids is 2. The van der Waals surface area contributed by atoms with Crippen molar-refractivity contribution in [1.29, 1.82) is 0 Å². The van der Waals surface area contributed by atoms with Gasteiger partial charge in [0.2, 0.25) is 5.91 Å². The van der Waals surface area contributed by atoms with Gasteiger partial charge in [0.1, 0.15) is 0 Å². The van der Waals surface area contributed by atoms with E-state index in [4.69, 9.17) is 9.84 Å². The van der Waals surface area contributed by atoms with Crippen LogP contribution in [0.5, 0.6) is 0 Å². The van der Waals surface area contributed by atoms with Crippen LogP contribution in [0.15, 0.2) is 12.7 Å². The highest BCUT2D eigenvalue weighted by Crippen LogP contribution is 2.00. The number of rotatable bonds is 10. The number of amides is 3. The summed E-state index contributed by atoms with van der Waals surface area (Å²) in [6.07, 6.45) is 2.57. The average molecular weight is 286 g/mol. The lowest BCUT2D eigenvalue weighted by Gasteiger charge is -2.20. The van der Waals surface area contributed by atoms with Gasteiger partial charge in [-0.3, -0.25) is 14.9 Å². The van der Waals surface area contributed by atoms with Crippen molar-refractivity contribution < 1.29 is 24.2 Å². The minimum atomic E-state index is -0.891. The minimum Gasteiger partial charge on any atom is -0.481 e. The summed E-state index contributed by atoms with van der Waals surface area (Å²) >= 11 is 0. The quantitative estimate of drug-likeness (QED) is 0.461. The van der Waals surface area contributed by atoms with Crippen LogP contribution in [0.2, 0.25) is 0 Å². The summed E-state index contributed by atoms with van der Waals surface area (Å²) in [4.78, 5) is 35.0. The number of ether oxygens (including phenoxy) is 1. The van der Waals surface area contributed by atoms with Gasteiger partial charge < -0.3 is 14.7 Å². The zero-order chi connectivity index (χ0) is 15.4. The Hall–Kier alpha value is -1.89. The second-order valence-corrected chi connectivity index (χ2v) is 4.18. The number of unbranched alkanes of at least 4 members (excludes halogenated alkanes) is 1. The lowest BCUT2D eigenvalue weighted by atomic mass is 10.2. The fourth-order valence-electron chi connectivity index (χ4n) is 1.46. The number of hydrogen-bond donors (Lipinski definition) is 2. The average Bonchev–Trinajstić information content (AvgIpc) is 2.39. The number of nitrogens with zero attached hydrogens (tertiary/aromatic N) is 1. The van der Waals surface area contributed by atoms with E-state index in [1.54, 1.807) is 6.08 Å². The van der Waals surface area contributed by atoms with E-state index in [1.165, 1.54) is 12.0 Å². The van der Waals surface area contributed by atoms with Crippen molar-refractivity contribution >= 4 is 17.9 Å². The molecule has 0 aromatic carbocycles. The molecule has 0 aliphatic carbocycles. The number of carbonyl (C=O) groups is 3. The van der Waals surface area contributed by atoms with E-state index < -0.39 is 17.9 Å². The Labute approximate surface area is 118 Å². The molecular formula is C13H22N2O5. The molecule has 0 bridgehead atoms. The third-order valence-electron chi connectivity index (χ3n) is 2.49. The zero-order valence-corrected chi connectivity index (χ0v) is 11.8. The Morgan fingerprint density at radius 2 is 1.95 bits per heavy atom. The maximum absolute atomic E-state index is 11.8. The largest absolute Gasteiger partial charge is 0.481 e. The van der Waals surface area contributed by atoms with Gasteiger partial charge in [-0.25, -0.2) is 4.79 Å². The minimum absolute atomic E-state index is 0.0255. The second-order valence-electron chi connectivity index (χ2n) is 4.18. The molecule has 0 saturated heterocycles. The first kappa shape index (κ1) is 18.1. The Bertz CT molecular complexity index is 344. The van der Waals surface area contributed by atoms with Gasteiger partial charge in [0.15, 0.2) is 0 Å². The van der Waals surface area contributed by atoms with Crippen molar-refractivity contribution in [3.63, 3.8) is 0 Å². The monoisotopic (exact) mass is 286 g/mol. The van der Waals surface area contributed by atoms with Gasteiger partial charge in [-0.2, -0.15) is 0 Å². The number of nitrogens with one attached hydrogen (secondary N) is 1. The molecule has 2 N–H and O–H groups in total. The normalized spacial score (nSPS) is 9.85. The van der Waals surface area contributed by atoms with Crippen LogP contribution in [0.1, 0.15) is 25.7 Å². The van der Waals surface area contributed by atoms with Crippen LogP contribution < -0.4 is 5.32 Å². The van der Waals surface area contributed by atoms with E-state index in [0.717, 1.165) is 0 Å². The number of urea groups is 1. The summed E-state index contributed by atoms with van der Waals surface area (Å²) in [5, 5.41) is 10.7. The molecule has 0 saturated carbocycles. The molecule has 0 aliphatic rings. The van der Waals surface area contributed by atoms with Crippen molar-refractivity contribution in [1.82, 2.24) is 10.2 Å². The summed E-state index contributed by atoms with van der Waals surface area (Å²) in [6.45, 7) is 4.60. The van der Waals surface area contributed by atoms with Crippen LogP contribution in [0, 0.1) is 0 Å². The molecule has 7 nitrogen and oxygen atoms in total. The maximum atomic E-state index is 11.8. The molecule has 0 radical (unpaired) electrons. The number of carboxylic acid groups (broad SMARTS) is 1. The number of methoxy groups -OCH3 is 1. The number of aliphatic carboxylic acids is 1. The molecule has 0 heterocycles. The number of carboxylic acids is 1. The van der Waals surface area contributed by atoms with E-state index in [0.29, 0.717) is 32.5 Å². The summed E-state index contributed by atoms with van der Waals surface area (Å²) in [7, 11) is 1.53. The Balaban J connectivity index is 4.03. The van der Waals surface area contributed by atoms with Crippen LogP contribution in [0.25, 0.3) is 0 Å². The van der Waals surface area contributed by atoms with E-state index in [9.17, 15) is 14.4 Å². The van der Waals surface area contributed by atoms with Crippen molar-refractivity contribution in [2.24, 2.45) is 0 Å². The van der Waals surface area contributed by atoms with Crippen LogP contribution >= 0.6 is 0 Å². The van der Waals surface area contributed by atoms with Crippen LogP contribution in [-0.2, 0) is 14.3 Å². The molecule has 0 rings (SSSR count). The predicted octanol–water partition coefficient (Wildman–Crippen LogP) is 1.00. The Morgan fingerprint density at radius 3 is 2.50 bits per heavy atom. The third-order valence-corrected chi connectivity index (χ3v) is 2.49. The maximum Gasteiger partial charge on any atom is 0.324 e. The SMILES string of the molecule is C=CCN(CCOC)C(=O)NC(=O)CCCCC(=O)O. The van der Waals surface area contributed by atoms with Gasteiger partial charge >= 0.3 is 12.0 Å². The fourth-order valence-corrected chi connectivity index (χ4v) is 1.46. The molecule has 0 aromatic rings. The van der Waals surface area contributed by atoms with Crippen LogP contribution in [0.3, 0.4) is 0 Å². The summed E-state index contributed by atoms with van der Waals surface area (Å²) in [6, 6.07) is -0.495. The first-order chi connectivity index (χ1) is 9.51. The summed E-state index contributed by atoms with van der Waals surface area (Å²) in [5.74, 6) is -1.30. The zero-order valence-electron chi connectivity index (χ0n) is 11.8. The third kappa shape index (κ3) is 9.09. The van der Waals surface area contributed by atoms with Crippen LogP contribution in [0.4, 0.5) is 4.79 Å². The summed E-state index contributed by atoms with van der Waals surface area (Å²) in [5.41, 5.74) is 0. The Kier molecular flexibility index (Phi) is 9.94. The molecule has 0 aromatic heterocycles. The number of hydrogen-bond acceptors (Lipinski definition) is 4. The Morgan fingerprint density at radius 1 is 1.30 bits per heavy atom. The highest BCUT2D eigenvalue weighted by atomic mass is 16.5. The number of imide groups is 1. The highest BCUT2D eigenvalue weighted by molar-refractivity contribution is 5.94. The van der Waals surface area contributed by atoms with Crippen molar-refractivity contribution in [3.05, 3.63) is 12.7 Å². The van der Waals surface area contributed by atoms with Gasteiger partial charge in [0.05, 0.1) is 6.61 Å². The van der Waals surface area contributed by atoms with E-state index >= 15 is 0 Å². The topological polar surface area (TPSA) is 95.9 Å². The van der Waals surface area contributed by atoms with E-state index in [1.807, 2.05) is 0 Å². The second kappa shape index (κ2) is 11.0. The molecule has 20 heavy (non-hydrogen) atoms. The first-order valence-electron chi connectivity index (χ1n) is 6.41.